The van der Waals surface area contributed by atoms with Crippen molar-refractivity contribution >= 4 is 22.9 Å². The van der Waals surface area contributed by atoms with Crippen LogP contribution in [0.4, 0.5) is 13.2 Å². The molecule has 1 aromatic heterocycles. The van der Waals surface area contributed by atoms with Gasteiger partial charge in [-0.25, -0.2) is 0 Å². The number of thiophene rings is 1. The molecule has 1 aliphatic carbocycles. The van der Waals surface area contributed by atoms with E-state index in [1.165, 1.54) is 11.3 Å². The van der Waals surface area contributed by atoms with E-state index in [-0.39, 0.29) is 12.8 Å². The van der Waals surface area contributed by atoms with Crippen LogP contribution in [0, 0.1) is 12.8 Å². The molecule has 0 fully saturated rings. The quantitative estimate of drug-likeness (QED) is 0.645. The fourth-order valence-corrected chi connectivity index (χ4v) is 3.44. The molecule has 15 heavy (non-hydrogen) atoms. The van der Waals surface area contributed by atoms with Gasteiger partial charge in [0.15, 0.2) is 0 Å². The molecule has 1 atom stereocenters. The Morgan fingerprint density at radius 3 is 2.67 bits per heavy atom. The van der Waals surface area contributed by atoms with Gasteiger partial charge in [-0.05, 0) is 37.3 Å². The molecular weight excluding hydrogens is 245 g/mol. The molecular formula is C10H10ClF3S. The minimum absolute atomic E-state index is 0.105. The smallest absolute Gasteiger partial charge is 0.171 e. The zero-order valence-corrected chi connectivity index (χ0v) is 9.69. The largest absolute Gasteiger partial charge is 0.392 e. The second-order valence-electron chi connectivity index (χ2n) is 3.88. The summed E-state index contributed by atoms with van der Waals surface area (Å²) in [5.41, 5.74) is 1.67. The Morgan fingerprint density at radius 1 is 1.40 bits per heavy atom. The zero-order valence-electron chi connectivity index (χ0n) is 8.12. The van der Waals surface area contributed by atoms with Crippen LogP contribution >= 0.6 is 22.9 Å². The number of aryl methyl sites for hydroxylation is 1. The topological polar surface area (TPSA) is 0 Å². The molecule has 0 amide bonds. The molecule has 0 aliphatic heterocycles. The van der Waals surface area contributed by atoms with Crippen LogP contribution in [0.25, 0.3) is 0 Å². The van der Waals surface area contributed by atoms with E-state index in [9.17, 15) is 13.2 Å². The van der Waals surface area contributed by atoms with Crippen LogP contribution in [0.15, 0.2) is 0 Å². The van der Waals surface area contributed by atoms with Gasteiger partial charge in [0.05, 0.1) is 10.3 Å². The van der Waals surface area contributed by atoms with E-state index >= 15 is 0 Å². The van der Waals surface area contributed by atoms with Crippen molar-refractivity contribution in [2.75, 3.05) is 0 Å². The number of hydrogen-bond acceptors (Lipinski definition) is 1. The lowest BCUT2D eigenvalue weighted by Crippen LogP contribution is -2.28. The minimum atomic E-state index is -4.07. The van der Waals surface area contributed by atoms with Crippen LogP contribution in [0.1, 0.15) is 22.4 Å². The number of alkyl halides is 3. The average molecular weight is 255 g/mol. The van der Waals surface area contributed by atoms with Crippen molar-refractivity contribution in [3.8, 4) is 0 Å². The molecule has 1 aromatic rings. The molecule has 1 heterocycles. The first-order chi connectivity index (χ1) is 6.89. The van der Waals surface area contributed by atoms with E-state index in [0.29, 0.717) is 10.8 Å². The summed E-state index contributed by atoms with van der Waals surface area (Å²) in [5.74, 6) is -1.19. The second-order valence-corrected chi connectivity index (χ2v) is 5.59. The molecule has 0 saturated carbocycles. The third kappa shape index (κ3) is 2.02. The van der Waals surface area contributed by atoms with E-state index in [4.69, 9.17) is 11.6 Å². The average Bonchev–Trinajstić information content (AvgIpc) is 2.41. The molecule has 5 heteroatoms. The third-order valence-corrected chi connectivity index (χ3v) is 4.63. The normalized spacial score (nSPS) is 21.5. The predicted octanol–water partition coefficient (Wildman–Crippen LogP) is 4.38. The van der Waals surface area contributed by atoms with Gasteiger partial charge >= 0.3 is 6.18 Å². The Hall–Kier alpha value is -0.220. The zero-order chi connectivity index (χ0) is 11.2. The summed E-state index contributed by atoms with van der Waals surface area (Å²) in [6.45, 7) is 1.80. The van der Waals surface area contributed by atoms with E-state index in [1.807, 2.05) is 0 Å². The van der Waals surface area contributed by atoms with E-state index < -0.39 is 12.1 Å². The molecule has 0 nitrogen and oxygen atoms in total. The summed E-state index contributed by atoms with van der Waals surface area (Å²) < 4.78 is 38.3. The highest BCUT2D eigenvalue weighted by molar-refractivity contribution is 7.16. The van der Waals surface area contributed by atoms with Crippen molar-refractivity contribution in [2.45, 2.75) is 32.4 Å². The van der Waals surface area contributed by atoms with Crippen LogP contribution in [-0.4, -0.2) is 6.18 Å². The van der Waals surface area contributed by atoms with Gasteiger partial charge in [-0.3, -0.25) is 0 Å². The summed E-state index contributed by atoms with van der Waals surface area (Å²) in [5, 5.41) is 0. The molecule has 1 aliphatic rings. The van der Waals surface area contributed by atoms with Crippen LogP contribution in [0.2, 0.25) is 4.34 Å². The summed E-state index contributed by atoms with van der Waals surface area (Å²) in [6.07, 6.45) is -3.25. The van der Waals surface area contributed by atoms with Crippen LogP contribution < -0.4 is 0 Å². The van der Waals surface area contributed by atoms with Gasteiger partial charge in [0, 0.05) is 4.88 Å². The maximum Gasteiger partial charge on any atom is 0.392 e. The first-order valence-electron chi connectivity index (χ1n) is 4.73. The molecule has 84 valence electrons. The lowest BCUT2D eigenvalue weighted by Gasteiger charge is -2.24. The van der Waals surface area contributed by atoms with Gasteiger partial charge in [0.25, 0.3) is 0 Å². The lowest BCUT2D eigenvalue weighted by molar-refractivity contribution is -0.176. The Bertz CT molecular complexity index is 381. The van der Waals surface area contributed by atoms with Crippen molar-refractivity contribution in [1.82, 2.24) is 0 Å². The van der Waals surface area contributed by atoms with E-state index in [1.54, 1.807) is 6.92 Å². The van der Waals surface area contributed by atoms with Crippen molar-refractivity contribution in [3.63, 3.8) is 0 Å². The van der Waals surface area contributed by atoms with E-state index in [2.05, 4.69) is 0 Å². The van der Waals surface area contributed by atoms with Crippen molar-refractivity contribution in [1.29, 1.82) is 0 Å². The summed E-state index contributed by atoms with van der Waals surface area (Å²) in [6, 6.07) is 0. The molecule has 0 radical (unpaired) electrons. The fourth-order valence-electron chi connectivity index (χ4n) is 1.98. The van der Waals surface area contributed by atoms with E-state index in [0.717, 1.165) is 16.0 Å². The maximum atomic E-state index is 12.5. The van der Waals surface area contributed by atoms with Gasteiger partial charge < -0.3 is 0 Å². The second kappa shape index (κ2) is 3.67. The molecule has 0 aromatic carbocycles. The maximum absolute atomic E-state index is 12.5. The van der Waals surface area contributed by atoms with Crippen LogP contribution in [-0.2, 0) is 12.8 Å². The number of halogens is 4. The summed E-state index contributed by atoms with van der Waals surface area (Å²) in [4.78, 5) is 1.04. The Morgan fingerprint density at radius 2 is 2.07 bits per heavy atom. The first-order valence-corrected chi connectivity index (χ1v) is 5.92. The number of rotatable bonds is 0. The van der Waals surface area contributed by atoms with Gasteiger partial charge in [-0.15, -0.1) is 11.3 Å². The molecule has 2 rings (SSSR count). The van der Waals surface area contributed by atoms with Gasteiger partial charge in [-0.1, -0.05) is 11.6 Å². The molecule has 0 spiro atoms. The molecule has 0 N–H and O–H groups in total. The molecule has 0 saturated heterocycles. The Kier molecular flexibility index (Phi) is 2.75. The predicted molar refractivity (Wildman–Crippen MR) is 55.6 cm³/mol. The highest BCUT2D eigenvalue weighted by Crippen LogP contribution is 2.43. The lowest BCUT2D eigenvalue weighted by atomic mass is 9.86. The van der Waals surface area contributed by atoms with Gasteiger partial charge in [0.1, 0.15) is 0 Å². The van der Waals surface area contributed by atoms with Gasteiger partial charge in [0.2, 0.25) is 0 Å². The monoisotopic (exact) mass is 254 g/mol. The van der Waals surface area contributed by atoms with Crippen LogP contribution in [0.5, 0.6) is 0 Å². The Labute approximate surface area is 95.1 Å². The fraction of sp³-hybridized carbons (Fsp3) is 0.600. The third-order valence-electron chi connectivity index (χ3n) is 2.93. The number of fused-ring (bicyclic) bond motifs is 1. The van der Waals surface area contributed by atoms with Crippen molar-refractivity contribution in [2.24, 2.45) is 5.92 Å². The van der Waals surface area contributed by atoms with Crippen molar-refractivity contribution < 1.29 is 13.2 Å². The molecule has 0 bridgehead atoms. The van der Waals surface area contributed by atoms with Crippen molar-refractivity contribution in [3.05, 3.63) is 20.3 Å². The SMILES string of the molecule is Cc1c(Cl)sc2c1CC(C(F)(F)F)CC2. The van der Waals surface area contributed by atoms with Gasteiger partial charge in [-0.2, -0.15) is 13.2 Å². The standard InChI is InChI=1S/C10H10ClF3S/c1-5-7-4-6(10(12,13)14)2-3-8(7)15-9(5)11/h6H,2-4H2,1H3. The first kappa shape index (κ1) is 11.3. The van der Waals surface area contributed by atoms with Crippen LogP contribution in [0.3, 0.4) is 0 Å². The number of hydrogen-bond donors (Lipinski definition) is 0. The summed E-state index contributed by atoms with van der Waals surface area (Å²) in [7, 11) is 0. The highest BCUT2D eigenvalue weighted by Gasteiger charge is 2.42. The minimum Gasteiger partial charge on any atom is -0.171 e. The highest BCUT2D eigenvalue weighted by atomic mass is 35.5. The summed E-state index contributed by atoms with van der Waals surface area (Å²) >= 11 is 7.35. The molecule has 1 unspecified atom stereocenters. The Balaban J connectivity index is 2.30.